The highest BCUT2D eigenvalue weighted by Crippen LogP contribution is 2.22. The summed E-state index contributed by atoms with van der Waals surface area (Å²) in [5.41, 5.74) is 1.01. The first kappa shape index (κ1) is 17.7. The van der Waals surface area contributed by atoms with E-state index in [9.17, 15) is 14.4 Å². The summed E-state index contributed by atoms with van der Waals surface area (Å²) in [6.07, 6.45) is 0.479. The first-order chi connectivity index (χ1) is 13.1. The minimum atomic E-state index is -0.476. The summed E-state index contributed by atoms with van der Waals surface area (Å²) in [4.78, 5) is 44.0. The maximum absolute atomic E-state index is 13.0. The molecule has 2 aliphatic heterocycles. The maximum atomic E-state index is 13.0. The van der Waals surface area contributed by atoms with Crippen molar-refractivity contribution in [2.45, 2.75) is 19.0 Å². The van der Waals surface area contributed by atoms with Crippen molar-refractivity contribution in [3.05, 3.63) is 58.3 Å². The fourth-order valence-corrected chi connectivity index (χ4v) is 4.42. The molecular formula is C20H21N3O3S. The van der Waals surface area contributed by atoms with Crippen LogP contribution in [0.25, 0.3) is 0 Å². The second-order valence-corrected chi connectivity index (χ2v) is 7.79. The Bertz CT molecular complexity index is 837. The lowest BCUT2D eigenvalue weighted by Gasteiger charge is -2.39. The van der Waals surface area contributed by atoms with Gasteiger partial charge in [0.2, 0.25) is 11.8 Å². The number of fused-ring (bicyclic) bond motifs is 1. The van der Waals surface area contributed by atoms with E-state index in [-0.39, 0.29) is 24.3 Å². The van der Waals surface area contributed by atoms with Crippen molar-refractivity contribution < 1.29 is 14.4 Å². The van der Waals surface area contributed by atoms with Gasteiger partial charge in [-0.15, -0.1) is 11.3 Å². The first-order valence-electron chi connectivity index (χ1n) is 9.08. The largest absolute Gasteiger partial charge is 0.336 e. The Morgan fingerprint density at radius 2 is 1.85 bits per heavy atom. The SMILES string of the molecule is O=C(c1cccs1)N1CCC2C(=O)N(Cc3ccccc3)CC(=O)N2CC1. The summed E-state index contributed by atoms with van der Waals surface area (Å²) in [7, 11) is 0. The predicted octanol–water partition coefficient (Wildman–Crippen LogP) is 1.83. The van der Waals surface area contributed by atoms with Crippen LogP contribution < -0.4 is 0 Å². The fraction of sp³-hybridized carbons (Fsp3) is 0.350. The van der Waals surface area contributed by atoms with Crippen LogP contribution in [-0.4, -0.2) is 64.6 Å². The van der Waals surface area contributed by atoms with E-state index >= 15 is 0 Å². The second-order valence-electron chi connectivity index (χ2n) is 6.84. The zero-order chi connectivity index (χ0) is 18.8. The number of thiophene rings is 1. The number of amides is 3. The van der Waals surface area contributed by atoms with Crippen LogP contribution in [0.4, 0.5) is 0 Å². The van der Waals surface area contributed by atoms with E-state index in [1.165, 1.54) is 11.3 Å². The Kier molecular flexibility index (Phi) is 4.94. The molecule has 4 rings (SSSR count). The Hall–Kier alpha value is -2.67. The van der Waals surface area contributed by atoms with Crippen LogP contribution in [0.1, 0.15) is 21.7 Å². The van der Waals surface area contributed by atoms with Gasteiger partial charge in [-0.25, -0.2) is 0 Å². The van der Waals surface area contributed by atoms with Gasteiger partial charge in [0.05, 0.1) is 4.88 Å². The topological polar surface area (TPSA) is 60.9 Å². The van der Waals surface area contributed by atoms with Crippen LogP contribution in [0.5, 0.6) is 0 Å². The zero-order valence-corrected chi connectivity index (χ0v) is 15.7. The number of nitrogens with zero attached hydrogens (tertiary/aromatic N) is 3. The number of benzene rings is 1. The highest BCUT2D eigenvalue weighted by atomic mass is 32.1. The van der Waals surface area contributed by atoms with Crippen molar-refractivity contribution >= 4 is 29.1 Å². The molecule has 1 aromatic carbocycles. The van der Waals surface area contributed by atoms with Crippen molar-refractivity contribution in [2.24, 2.45) is 0 Å². The summed E-state index contributed by atoms with van der Waals surface area (Å²) >= 11 is 1.41. The lowest BCUT2D eigenvalue weighted by atomic mass is 10.1. The molecule has 0 aliphatic carbocycles. The zero-order valence-electron chi connectivity index (χ0n) is 14.9. The summed E-state index contributed by atoms with van der Waals surface area (Å²) < 4.78 is 0. The molecule has 27 heavy (non-hydrogen) atoms. The molecule has 7 heteroatoms. The lowest BCUT2D eigenvalue weighted by Crippen LogP contribution is -2.59. The number of piperazine rings is 1. The van der Waals surface area contributed by atoms with Crippen molar-refractivity contribution in [1.29, 1.82) is 0 Å². The Morgan fingerprint density at radius 1 is 1.04 bits per heavy atom. The van der Waals surface area contributed by atoms with Gasteiger partial charge < -0.3 is 14.7 Å². The molecule has 0 spiro atoms. The van der Waals surface area contributed by atoms with E-state index in [0.717, 1.165) is 5.56 Å². The number of carbonyl (C=O) groups is 3. The third-order valence-electron chi connectivity index (χ3n) is 5.14. The van der Waals surface area contributed by atoms with E-state index in [2.05, 4.69) is 0 Å². The van der Waals surface area contributed by atoms with E-state index < -0.39 is 6.04 Å². The van der Waals surface area contributed by atoms with Crippen LogP contribution in [0, 0.1) is 0 Å². The highest BCUT2D eigenvalue weighted by Gasteiger charge is 2.41. The smallest absolute Gasteiger partial charge is 0.263 e. The Morgan fingerprint density at radius 3 is 2.59 bits per heavy atom. The number of carbonyl (C=O) groups excluding carboxylic acids is 3. The van der Waals surface area contributed by atoms with E-state index in [0.29, 0.717) is 37.5 Å². The number of hydrogen-bond acceptors (Lipinski definition) is 4. The Labute approximate surface area is 162 Å². The van der Waals surface area contributed by atoms with E-state index in [4.69, 9.17) is 0 Å². The quantitative estimate of drug-likeness (QED) is 0.813. The average Bonchev–Trinajstić information content (AvgIpc) is 3.12. The van der Waals surface area contributed by atoms with Gasteiger partial charge in [0.25, 0.3) is 5.91 Å². The minimum Gasteiger partial charge on any atom is -0.336 e. The molecule has 2 aliphatic rings. The van der Waals surface area contributed by atoms with Gasteiger partial charge >= 0.3 is 0 Å². The van der Waals surface area contributed by atoms with Crippen molar-refractivity contribution in [3.63, 3.8) is 0 Å². The molecule has 1 aromatic heterocycles. The van der Waals surface area contributed by atoms with Gasteiger partial charge in [-0.3, -0.25) is 14.4 Å². The average molecular weight is 383 g/mol. The number of rotatable bonds is 3. The van der Waals surface area contributed by atoms with Gasteiger partial charge in [-0.1, -0.05) is 36.4 Å². The highest BCUT2D eigenvalue weighted by molar-refractivity contribution is 7.12. The van der Waals surface area contributed by atoms with Gasteiger partial charge in [0, 0.05) is 26.2 Å². The van der Waals surface area contributed by atoms with E-state index in [1.807, 2.05) is 47.8 Å². The standard InChI is InChI=1S/C20H21N3O3S/c24-18-14-22(13-15-5-2-1-3-6-15)19(25)16-8-9-21(10-11-23(16)18)20(26)17-7-4-12-27-17/h1-7,12,16H,8-11,13-14H2. The summed E-state index contributed by atoms with van der Waals surface area (Å²) in [5.74, 6) is -0.0873. The maximum Gasteiger partial charge on any atom is 0.263 e. The molecular weight excluding hydrogens is 362 g/mol. The molecule has 3 heterocycles. The molecule has 0 saturated carbocycles. The Balaban J connectivity index is 1.48. The summed E-state index contributed by atoms with van der Waals surface area (Å²) in [6, 6.07) is 12.9. The molecule has 0 radical (unpaired) electrons. The monoisotopic (exact) mass is 383 g/mol. The molecule has 2 saturated heterocycles. The second kappa shape index (κ2) is 7.52. The predicted molar refractivity (Wildman–Crippen MR) is 102 cm³/mol. The molecule has 2 fully saturated rings. The van der Waals surface area contributed by atoms with Crippen LogP contribution in [0.15, 0.2) is 47.8 Å². The minimum absolute atomic E-state index is 0.0223. The van der Waals surface area contributed by atoms with Gasteiger partial charge in [-0.05, 0) is 23.4 Å². The van der Waals surface area contributed by atoms with E-state index in [1.54, 1.807) is 14.7 Å². The lowest BCUT2D eigenvalue weighted by molar-refractivity contribution is -0.156. The molecule has 1 unspecified atom stereocenters. The molecule has 1 atom stereocenters. The van der Waals surface area contributed by atoms with Crippen molar-refractivity contribution in [2.75, 3.05) is 26.2 Å². The molecule has 3 amide bonds. The van der Waals surface area contributed by atoms with Crippen LogP contribution in [0.2, 0.25) is 0 Å². The van der Waals surface area contributed by atoms with Crippen LogP contribution >= 0.6 is 11.3 Å². The molecule has 140 valence electrons. The normalized spacial score (nSPS) is 20.4. The van der Waals surface area contributed by atoms with Gasteiger partial charge in [0.1, 0.15) is 12.6 Å². The third-order valence-corrected chi connectivity index (χ3v) is 6.00. The van der Waals surface area contributed by atoms with Gasteiger partial charge in [0.15, 0.2) is 0 Å². The van der Waals surface area contributed by atoms with Crippen LogP contribution in [-0.2, 0) is 16.1 Å². The fourth-order valence-electron chi connectivity index (χ4n) is 3.72. The number of hydrogen-bond donors (Lipinski definition) is 0. The summed E-state index contributed by atoms with van der Waals surface area (Å²) in [5, 5.41) is 1.88. The van der Waals surface area contributed by atoms with Crippen molar-refractivity contribution in [1.82, 2.24) is 14.7 Å². The first-order valence-corrected chi connectivity index (χ1v) is 9.96. The molecule has 6 nitrogen and oxygen atoms in total. The van der Waals surface area contributed by atoms with Crippen molar-refractivity contribution in [3.8, 4) is 0 Å². The third kappa shape index (κ3) is 3.60. The van der Waals surface area contributed by atoms with Gasteiger partial charge in [-0.2, -0.15) is 0 Å². The summed E-state index contributed by atoms with van der Waals surface area (Å²) in [6.45, 7) is 1.89. The molecule has 0 N–H and O–H groups in total. The van der Waals surface area contributed by atoms with Crippen LogP contribution in [0.3, 0.4) is 0 Å². The molecule has 0 bridgehead atoms. The molecule has 2 aromatic rings.